The Labute approximate surface area is 52.7 Å². The topological polar surface area (TPSA) is 84.6 Å². The van der Waals surface area contributed by atoms with E-state index >= 15 is 0 Å². The third-order valence-electron chi connectivity index (χ3n) is 0.716. The molecule has 1 atom stereocenters. The van der Waals surface area contributed by atoms with Crippen molar-refractivity contribution in [3.8, 4) is 0 Å². The van der Waals surface area contributed by atoms with Crippen molar-refractivity contribution in [1.82, 2.24) is 5.32 Å². The monoisotopic (exact) mass is 134 g/mol. The highest BCUT2D eigenvalue weighted by Crippen LogP contribution is 1.78. The number of hydrogen-bond acceptors (Lipinski definition) is 3. The molecule has 0 spiro atoms. The van der Waals surface area contributed by atoms with Gasteiger partial charge in [-0.1, -0.05) is 0 Å². The van der Waals surface area contributed by atoms with Crippen LogP contribution in [0.5, 0.6) is 0 Å². The van der Waals surface area contributed by atoms with Gasteiger partial charge in [0.25, 0.3) is 0 Å². The van der Waals surface area contributed by atoms with Crippen LogP contribution in [0, 0.1) is 0 Å². The number of amides is 1. The molecule has 0 aliphatic carbocycles. The fourth-order valence-electron chi connectivity index (χ4n) is 0.397. The van der Waals surface area contributed by atoms with Crippen LogP contribution < -0.4 is 11.2 Å². The van der Waals surface area contributed by atoms with Gasteiger partial charge in [0.05, 0.1) is 12.6 Å². The van der Waals surface area contributed by atoms with Crippen LogP contribution in [0.2, 0.25) is 0 Å². The predicted molar refractivity (Wildman–Crippen MR) is 30.8 cm³/mol. The van der Waals surface area contributed by atoms with E-state index < -0.39 is 6.09 Å². The zero-order valence-electron chi connectivity index (χ0n) is 5.13. The fraction of sp³-hybridized carbons (Fsp3) is 0.750. The van der Waals surface area contributed by atoms with Gasteiger partial charge in [0.2, 0.25) is 0 Å². The molecule has 0 unspecified atom stereocenters. The summed E-state index contributed by atoms with van der Waals surface area (Å²) in [6, 6.07) is -0.257. The molecule has 0 fully saturated rings. The highest BCUT2D eigenvalue weighted by molar-refractivity contribution is 5.64. The summed E-state index contributed by atoms with van der Waals surface area (Å²) in [7, 11) is 0. The highest BCUT2D eigenvalue weighted by atomic mass is 16.6. The minimum absolute atomic E-state index is 0.187. The van der Waals surface area contributed by atoms with Crippen LogP contribution in [0.4, 0.5) is 4.79 Å². The van der Waals surface area contributed by atoms with Gasteiger partial charge in [0, 0.05) is 0 Å². The Bertz CT molecular complexity index is 95.8. The van der Waals surface area contributed by atoms with Crippen LogP contribution in [-0.4, -0.2) is 23.8 Å². The quantitative estimate of drug-likeness (QED) is 0.456. The summed E-state index contributed by atoms with van der Waals surface area (Å²) in [5.74, 6) is 4.67. The second-order valence-electron chi connectivity index (χ2n) is 1.68. The first-order valence-electron chi connectivity index (χ1n) is 2.48. The van der Waals surface area contributed by atoms with Gasteiger partial charge in [0.1, 0.15) is 0 Å². The smallest absolute Gasteiger partial charge is 0.404 e. The number of nitrogens with one attached hydrogen (secondary N) is 1. The van der Waals surface area contributed by atoms with E-state index in [0.717, 1.165) is 0 Å². The minimum atomic E-state index is -1.07. The standard InChI is InChI=1S/C4H10N2O3/c1-3(2-9-5)6-4(7)8/h3,6H,2,5H2,1H3,(H,7,8)/t3-/m0/s1. The second-order valence-corrected chi connectivity index (χ2v) is 1.68. The lowest BCUT2D eigenvalue weighted by molar-refractivity contribution is 0.115. The van der Waals surface area contributed by atoms with Crippen molar-refractivity contribution in [1.29, 1.82) is 0 Å². The van der Waals surface area contributed by atoms with Crippen LogP contribution >= 0.6 is 0 Å². The van der Waals surface area contributed by atoms with Crippen LogP contribution in [0.15, 0.2) is 0 Å². The summed E-state index contributed by atoms with van der Waals surface area (Å²) < 4.78 is 0. The third kappa shape index (κ3) is 5.05. The van der Waals surface area contributed by atoms with E-state index in [1.54, 1.807) is 6.92 Å². The number of nitrogens with two attached hydrogens (primary N) is 1. The molecule has 0 aliphatic rings. The Morgan fingerprint density at radius 1 is 2.00 bits per heavy atom. The van der Waals surface area contributed by atoms with Gasteiger partial charge in [-0.25, -0.2) is 10.7 Å². The van der Waals surface area contributed by atoms with Gasteiger partial charge < -0.3 is 15.3 Å². The molecule has 0 bridgehead atoms. The van der Waals surface area contributed by atoms with E-state index in [1.165, 1.54) is 0 Å². The molecular formula is C4H10N2O3. The van der Waals surface area contributed by atoms with Crippen LogP contribution in [0.3, 0.4) is 0 Å². The van der Waals surface area contributed by atoms with Crippen molar-refractivity contribution in [2.75, 3.05) is 6.61 Å². The molecule has 0 aromatic carbocycles. The van der Waals surface area contributed by atoms with Crippen molar-refractivity contribution in [2.45, 2.75) is 13.0 Å². The first-order chi connectivity index (χ1) is 4.16. The number of rotatable bonds is 3. The second kappa shape index (κ2) is 4.11. The maximum absolute atomic E-state index is 9.88. The maximum atomic E-state index is 9.88. The Morgan fingerprint density at radius 2 is 2.56 bits per heavy atom. The van der Waals surface area contributed by atoms with Crippen molar-refractivity contribution in [3.05, 3.63) is 0 Å². The maximum Gasteiger partial charge on any atom is 0.404 e. The number of carbonyl (C=O) groups is 1. The molecule has 54 valence electrons. The van der Waals surface area contributed by atoms with Crippen molar-refractivity contribution in [2.24, 2.45) is 5.90 Å². The van der Waals surface area contributed by atoms with Gasteiger partial charge >= 0.3 is 6.09 Å². The predicted octanol–water partition coefficient (Wildman–Crippen LogP) is -0.467. The molecule has 0 aromatic rings. The number of carboxylic acid groups (broad SMARTS) is 1. The molecule has 1 amide bonds. The molecule has 0 aliphatic heterocycles. The lowest BCUT2D eigenvalue weighted by atomic mass is 10.4. The SMILES string of the molecule is C[C@@H](CON)NC(=O)O. The van der Waals surface area contributed by atoms with Gasteiger partial charge in [-0.3, -0.25) is 0 Å². The van der Waals surface area contributed by atoms with Crippen molar-refractivity contribution >= 4 is 6.09 Å². The van der Waals surface area contributed by atoms with E-state index in [1.807, 2.05) is 0 Å². The molecule has 5 nitrogen and oxygen atoms in total. The zero-order valence-corrected chi connectivity index (χ0v) is 5.13. The van der Waals surface area contributed by atoms with Crippen LogP contribution in [0.1, 0.15) is 6.92 Å². The Hall–Kier alpha value is -0.810. The Morgan fingerprint density at radius 3 is 2.89 bits per heavy atom. The molecule has 0 saturated carbocycles. The average molecular weight is 134 g/mol. The van der Waals surface area contributed by atoms with Gasteiger partial charge in [-0.15, -0.1) is 0 Å². The molecule has 0 radical (unpaired) electrons. The number of hydrogen-bond donors (Lipinski definition) is 3. The summed E-state index contributed by atoms with van der Waals surface area (Å²) in [6.07, 6.45) is -1.07. The molecule has 0 saturated heterocycles. The third-order valence-corrected chi connectivity index (χ3v) is 0.716. The van der Waals surface area contributed by atoms with Crippen molar-refractivity contribution < 1.29 is 14.7 Å². The lowest BCUT2D eigenvalue weighted by Gasteiger charge is -2.07. The minimum Gasteiger partial charge on any atom is -0.465 e. The van der Waals surface area contributed by atoms with E-state index in [-0.39, 0.29) is 12.6 Å². The van der Waals surface area contributed by atoms with E-state index in [0.29, 0.717) is 0 Å². The fourth-order valence-corrected chi connectivity index (χ4v) is 0.397. The largest absolute Gasteiger partial charge is 0.465 e. The van der Waals surface area contributed by atoms with Gasteiger partial charge in [-0.05, 0) is 6.92 Å². The average Bonchev–Trinajstić information content (AvgIpc) is 1.63. The Kier molecular flexibility index (Phi) is 3.74. The molecule has 0 heterocycles. The van der Waals surface area contributed by atoms with E-state index in [4.69, 9.17) is 5.11 Å². The summed E-state index contributed by atoms with van der Waals surface area (Å²) in [4.78, 5) is 14.1. The summed E-state index contributed by atoms with van der Waals surface area (Å²) in [5.41, 5.74) is 0. The van der Waals surface area contributed by atoms with Gasteiger partial charge in [0.15, 0.2) is 0 Å². The normalized spacial score (nSPS) is 12.7. The summed E-state index contributed by atoms with van der Waals surface area (Å²) in [5, 5.41) is 10.3. The van der Waals surface area contributed by atoms with E-state index in [2.05, 4.69) is 16.1 Å². The van der Waals surface area contributed by atoms with Crippen LogP contribution in [-0.2, 0) is 4.84 Å². The molecule has 0 rings (SSSR count). The van der Waals surface area contributed by atoms with Crippen molar-refractivity contribution in [3.63, 3.8) is 0 Å². The molecule has 5 heteroatoms. The summed E-state index contributed by atoms with van der Waals surface area (Å²) in [6.45, 7) is 1.84. The lowest BCUT2D eigenvalue weighted by Crippen LogP contribution is -2.35. The van der Waals surface area contributed by atoms with E-state index in [9.17, 15) is 4.79 Å². The molecule has 9 heavy (non-hydrogen) atoms. The first-order valence-corrected chi connectivity index (χ1v) is 2.48. The molecule has 4 N–H and O–H groups in total. The molecule has 0 aromatic heterocycles. The molecular weight excluding hydrogens is 124 g/mol. The van der Waals surface area contributed by atoms with Crippen LogP contribution in [0.25, 0.3) is 0 Å². The van der Waals surface area contributed by atoms with Gasteiger partial charge in [-0.2, -0.15) is 0 Å². The zero-order chi connectivity index (χ0) is 7.28. The highest BCUT2D eigenvalue weighted by Gasteiger charge is 2.02. The summed E-state index contributed by atoms with van der Waals surface area (Å²) >= 11 is 0. The first kappa shape index (κ1) is 8.19. The Balaban J connectivity index is 3.26.